The topological polar surface area (TPSA) is 17.1 Å². The summed E-state index contributed by atoms with van der Waals surface area (Å²) in [5.41, 5.74) is 2.72. The summed E-state index contributed by atoms with van der Waals surface area (Å²) in [6, 6.07) is 0. The Bertz CT molecular complexity index is 87.5. The van der Waals surface area contributed by atoms with E-state index in [2.05, 4.69) is 11.5 Å². The van der Waals surface area contributed by atoms with Crippen LogP contribution in [0.25, 0.3) is 0 Å². The summed E-state index contributed by atoms with van der Waals surface area (Å²) in [7, 11) is -0.189. The first-order valence-electron chi connectivity index (χ1n) is 1.84. The number of aldehydes is 1. The zero-order valence-electron chi connectivity index (χ0n) is 3.69. The van der Waals surface area contributed by atoms with Crippen molar-refractivity contribution in [1.82, 2.24) is 0 Å². The highest BCUT2D eigenvalue weighted by Crippen LogP contribution is 1.45. The molecule has 0 aromatic rings. The fraction of sp³-hybridized carbons (Fsp3) is 0.250. The number of hydrogen-bond acceptors (Lipinski definition) is 1. The molecule has 0 aromatic heterocycles. The Labute approximate surface area is 39.6 Å². The Morgan fingerprint density at radius 3 is 2.67 bits per heavy atom. The van der Waals surface area contributed by atoms with Gasteiger partial charge in [0.1, 0.15) is 9.52 Å². The second-order valence-corrected chi connectivity index (χ2v) is 1.85. The molecule has 0 amide bonds. The predicted octanol–water partition coefficient (Wildman–Crippen LogP) is -0.637. The lowest BCUT2D eigenvalue weighted by molar-refractivity contribution is -0.103. The Morgan fingerprint density at radius 1 is 1.83 bits per heavy atom. The van der Waals surface area contributed by atoms with Crippen LogP contribution in [0.5, 0.6) is 0 Å². The molecule has 0 atom stereocenters. The molecule has 0 N–H and O–H groups in total. The van der Waals surface area contributed by atoms with E-state index in [1.807, 2.05) is 6.55 Å². The molecule has 0 aliphatic rings. The van der Waals surface area contributed by atoms with Gasteiger partial charge in [0.05, 0.1) is 0 Å². The minimum Gasteiger partial charge on any atom is -0.289 e. The van der Waals surface area contributed by atoms with E-state index in [0.717, 1.165) is 0 Å². The molecule has 0 heterocycles. The summed E-state index contributed by atoms with van der Waals surface area (Å²) in [5.74, 6) is 2.33. The Balaban J connectivity index is 3.13. The van der Waals surface area contributed by atoms with Gasteiger partial charge in [-0.2, -0.15) is 0 Å². The van der Waals surface area contributed by atoms with Crippen LogP contribution >= 0.6 is 0 Å². The van der Waals surface area contributed by atoms with E-state index < -0.39 is 0 Å². The normalized spacial score (nSPS) is 7.50. The van der Waals surface area contributed by atoms with Crippen molar-refractivity contribution in [3.63, 3.8) is 0 Å². The lowest BCUT2D eigenvalue weighted by Gasteiger charge is -1.56. The van der Waals surface area contributed by atoms with Gasteiger partial charge in [-0.1, -0.05) is 6.55 Å². The highest BCUT2D eigenvalue weighted by Gasteiger charge is 1.56. The summed E-state index contributed by atoms with van der Waals surface area (Å²) in [6.45, 7) is 2.04. The van der Waals surface area contributed by atoms with Crippen molar-refractivity contribution < 1.29 is 4.79 Å². The van der Waals surface area contributed by atoms with Crippen LogP contribution in [0.4, 0.5) is 0 Å². The standard InChI is InChI=1S/C4H6OSi/c1-6-4-2-3-5/h3H,6H2,1H3. The first-order chi connectivity index (χ1) is 2.91. The Kier molecular flexibility index (Phi) is 4.04. The molecule has 0 aromatic carbocycles. The summed E-state index contributed by atoms with van der Waals surface area (Å²) in [4.78, 5) is 9.41. The number of carbonyl (C=O) groups is 1. The molecule has 0 rings (SSSR count). The van der Waals surface area contributed by atoms with Gasteiger partial charge in [0, 0.05) is 0 Å². The minimum atomic E-state index is -0.189. The van der Waals surface area contributed by atoms with Crippen molar-refractivity contribution in [2.24, 2.45) is 0 Å². The first-order valence-corrected chi connectivity index (χ1v) is 3.96. The highest BCUT2D eigenvalue weighted by atomic mass is 28.2. The minimum absolute atomic E-state index is 0.189. The fourth-order valence-electron chi connectivity index (χ4n) is 0.144. The molecule has 0 aliphatic carbocycles. The van der Waals surface area contributed by atoms with Crippen LogP contribution in [0.2, 0.25) is 6.55 Å². The largest absolute Gasteiger partial charge is 0.289 e. The SMILES string of the molecule is C[SiH2]C#CC=O. The zero-order chi connectivity index (χ0) is 4.83. The van der Waals surface area contributed by atoms with Gasteiger partial charge in [0.15, 0.2) is 6.29 Å². The van der Waals surface area contributed by atoms with E-state index in [-0.39, 0.29) is 9.52 Å². The smallest absolute Gasteiger partial charge is 0.192 e. The van der Waals surface area contributed by atoms with E-state index in [9.17, 15) is 4.79 Å². The van der Waals surface area contributed by atoms with Crippen molar-refractivity contribution >= 4 is 15.8 Å². The van der Waals surface area contributed by atoms with Crippen LogP contribution in [-0.2, 0) is 4.79 Å². The van der Waals surface area contributed by atoms with Crippen LogP contribution in [0, 0.1) is 11.5 Å². The molecular weight excluding hydrogens is 92.1 g/mol. The molecule has 6 heavy (non-hydrogen) atoms. The van der Waals surface area contributed by atoms with Crippen molar-refractivity contribution in [2.75, 3.05) is 0 Å². The first kappa shape index (κ1) is 5.45. The molecule has 0 saturated heterocycles. The Morgan fingerprint density at radius 2 is 2.50 bits per heavy atom. The van der Waals surface area contributed by atoms with Crippen molar-refractivity contribution in [3.05, 3.63) is 0 Å². The average molecular weight is 98.2 g/mol. The van der Waals surface area contributed by atoms with Gasteiger partial charge in [-0.3, -0.25) is 4.79 Å². The highest BCUT2D eigenvalue weighted by molar-refractivity contribution is 6.44. The molecule has 0 aliphatic heterocycles. The molecule has 0 radical (unpaired) electrons. The zero-order valence-corrected chi connectivity index (χ0v) is 5.11. The third-order valence-electron chi connectivity index (χ3n) is 0.338. The van der Waals surface area contributed by atoms with Crippen LogP contribution in [0.1, 0.15) is 0 Å². The second kappa shape index (κ2) is 4.45. The molecule has 0 unspecified atom stereocenters. The average Bonchev–Trinajstić information content (AvgIpc) is 1.61. The van der Waals surface area contributed by atoms with E-state index >= 15 is 0 Å². The molecule has 0 fully saturated rings. The number of hydrogen-bond donors (Lipinski definition) is 0. The Hall–Kier alpha value is -0.553. The molecule has 2 heteroatoms. The summed E-state index contributed by atoms with van der Waals surface area (Å²) >= 11 is 0. The van der Waals surface area contributed by atoms with Crippen LogP contribution < -0.4 is 0 Å². The molecule has 0 bridgehead atoms. The molecular formula is C4H6OSi. The number of carbonyl (C=O) groups excluding carboxylic acids is 1. The van der Waals surface area contributed by atoms with Crippen molar-refractivity contribution in [1.29, 1.82) is 0 Å². The van der Waals surface area contributed by atoms with Crippen LogP contribution in [0.15, 0.2) is 0 Å². The second-order valence-electron chi connectivity index (χ2n) is 0.793. The van der Waals surface area contributed by atoms with E-state index in [0.29, 0.717) is 6.29 Å². The van der Waals surface area contributed by atoms with E-state index in [1.54, 1.807) is 0 Å². The molecule has 0 spiro atoms. The summed E-state index contributed by atoms with van der Waals surface area (Å²) in [5, 5.41) is 0. The van der Waals surface area contributed by atoms with E-state index in [4.69, 9.17) is 0 Å². The van der Waals surface area contributed by atoms with Crippen LogP contribution in [0.3, 0.4) is 0 Å². The van der Waals surface area contributed by atoms with Crippen LogP contribution in [-0.4, -0.2) is 15.8 Å². The van der Waals surface area contributed by atoms with Gasteiger partial charge in [0.25, 0.3) is 0 Å². The van der Waals surface area contributed by atoms with Gasteiger partial charge < -0.3 is 0 Å². The predicted molar refractivity (Wildman–Crippen MR) is 28.2 cm³/mol. The van der Waals surface area contributed by atoms with Gasteiger partial charge in [-0.05, 0) is 5.92 Å². The summed E-state index contributed by atoms with van der Waals surface area (Å²) < 4.78 is 0. The van der Waals surface area contributed by atoms with Crippen molar-refractivity contribution in [2.45, 2.75) is 6.55 Å². The van der Waals surface area contributed by atoms with Gasteiger partial charge in [-0.15, -0.1) is 5.54 Å². The summed E-state index contributed by atoms with van der Waals surface area (Å²) in [6.07, 6.45) is 0.635. The molecule has 1 nitrogen and oxygen atoms in total. The third kappa shape index (κ3) is 3.45. The van der Waals surface area contributed by atoms with Crippen molar-refractivity contribution in [3.8, 4) is 11.5 Å². The molecule has 32 valence electrons. The maximum Gasteiger partial charge on any atom is 0.192 e. The number of rotatable bonds is 0. The monoisotopic (exact) mass is 98.0 g/mol. The van der Waals surface area contributed by atoms with Gasteiger partial charge in [-0.25, -0.2) is 0 Å². The van der Waals surface area contributed by atoms with Gasteiger partial charge >= 0.3 is 0 Å². The fourth-order valence-corrected chi connectivity index (χ4v) is 0.431. The maximum absolute atomic E-state index is 9.41. The van der Waals surface area contributed by atoms with E-state index in [1.165, 1.54) is 0 Å². The maximum atomic E-state index is 9.41. The van der Waals surface area contributed by atoms with Gasteiger partial charge in [0.2, 0.25) is 0 Å². The lowest BCUT2D eigenvalue weighted by atomic mass is 10.8. The lowest BCUT2D eigenvalue weighted by Crippen LogP contribution is -1.69. The molecule has 0 saturated carbocycles. The quantitative estimate of drug-likeness (QED) is 0.224. The third-order valence-corrected chi connectivity index (χ3v) is 0.895.